The fourth-order valence-corrected chi connectivity index (χ4v) is 3.52. The Morgan fingerprint density at radius 1 is 0.897 bits per heavy atom. The first-order valence-corrected chi connectivity index (χ1v) is 12.7. The van der Waals surface area contributed by atoms with Crippen LogP contribution in [-0.4, -0.2) is 31.7 Å². The summed E-state index contributed by atoms with van der Waals surface area (Å²) in [6.45, 7) is 4.73. The van der Waals surface area contributed by atoms with Gasteiger partial charge in [0.15, 0.2) is 0 Å². The monoisotopic (exact) mass is 434 g/mol. The van der Waals surface area contributed by atoms with Crippen molar-refractivity contribution in [2.75, 3.05) is 6.61 Å². The third kappa shape index (κ3) is 21.6. The molecular formula is C22H42O6S. The number of rotatable bonds is 20. The van der Waals surface area contributed by atoms with E-state index in [1.165, 1.54) is 0 Å². The van der Waals surface area contributed by atoms with E-state index >= 15 is 0 Å². The summed E-state index contributed by atoms with van der Waals surface area (Å²) in [5.41, 5.74) is 0. The molecule has 0 saturated heterocycles. The lowest BCUT2D eigenvalue weighted by atomic mass is 10.1. The molecule has 1 N–H and O–H groups in total. The summed E-state index contributed by atoms with van der Waals surface area (Å²) in [6.07, 6.45) is 17.4. The van der Waals surface area contributed by atoms with Gasteiger partial charge >= 0.3 is 16.4 Å². The van der Waals surface area contributed by atoms with Crippen molar-refractivity contribution < 1.29 is 26.7 Å². The Hall–Kier alpha value is -0.920. The maximum Gasteiger partial charge on any atom is 0.397 e. The van der Waals surface area contributed by atoms with E-state index in [-0.39, 0.29) is 5.97 Å². The average Bonchev–Trinajstić information content (AvgIpc) is 2.65. The molecular weight excluding hydrogens is 392 g/mol. The minimum absolute atomic E-state index is 0.0854. The number of hydrogen-bond donors (Lipinski definition) is 1. The highest BCUT2D eigenvalue weighted by Crippen LogP contribution is 2.15. The van der Waals surface area contributed by atoms with Crippen LogP contribution in [0.25, 0.3) is 0 Å². The molecule has 0 unspecified atom stereocenters. The molecule has 0 aromatic rings. The van der Waals surface area contributed by atoms with Crippen LogP contribution < -0.4 is 0 Å². The van der Waals surface area contributed by atoms with E-state index in [0.717, 1.165) is 77.0 Å². The van der Waals surface area contributed by atoms with Crippen LogP contribution in [0.15, 0.2) is 12.2 Å². The molecule has 172 valence electrons. The molecule has 29 heavy (non-hydrogen) atoms. The number of carbonyl (C=O) groups excluding carboxylic acids is 1. The highest BCUT2D eigenvalue weighted by atomic mass is 32.3. The van der Waals surface area contributed by atoms with Gasteiger partial charge < -0.3 is 4.74 Å². The fraction of sp³-hybridized carbons (Fsp3) is 0.864. The van der Waals surface area contributed by atoms with Crippen LogP contribution in [0.4, 0.5) is 0 Å². The first kappa shape index (κ1) is 28.1. The first-order valence-electron chi connectivity index (χ1n) is 11.3. The van der Waals surface area contributed by atoms with Crippen LogP contribution in [0.1, 0.15) is 110 Å². The van der Waals surface area contributed by atoms with E-state index < -0.39 is 16.5 Å². The summed E-state index contributed by atoms with van der Waals surface area (Å²) in [5.74, 6) is -0.0854. The van der Waals surface area contributed by atoms with E-state index in [2.05, 4.69) is 19.9 Å². The Labute approximate surface area is 178 Å². The Kier molecular flexibility index (Phi) is 18.5. The largest absolute Gasteiger partial charge is 0.466 e. The van der Waals surface area contributed by atoms with Crippen LogP contribution in [-0.2, 0) is 24.1 Å². The van der Waals surface area contributed by atoms with Crippen molar-refractivity contribution in [2.45, 2.75) is 116 Å². The number of ether oxygens (including phenoxy) is 1. The van der Waals surface area contributed by atoms with Gasteiger partial charge in [0.1, 0.15) is 0 Å². The summed E-state index contributed by atoms with van der Waals surface area (Å²) in [5, 5.41) is 0. The zero-order chi connectivity index (χ0) is 21.8. The van der Waals surface area contributed by atoms with Gasteiger partial charge in [0.05, 0.1) is 12.7 Å². The molecule has 0 bridgehead atoms. The zero-order valence-electron chi connectivity index (χ0n) is 18.4. The van der Waals surface area contributed by atoms with Crippen LogP contribution in [0.3, 0.4) is 0 Å². The first-order chi connectivity index (χ1) is 13.9. The molecule has 6 nitrogen and oxygen atoms in total. The van der Waals surface area contributed by atoms with Crippen LogP contribution in [0.5, 0.6) is 0 Å². The maximum atomic E-state index is 11.5. The molecule has 0 saturated carbocycles. The third-order valence-corrected chi connectivity index (χ3v) is 5.23. The second-order valence-corrected chi connectivity index (χ2v) is 8.63. The van der Waals surface area contributed by atoms with Gasteiger partial charge in [-0.15, -0.1) is 0 Å². The highest BCUT2D eigenvalue weighted by molar-refractivity contribution is 7.80. The van der Waals surface area contributed by atoms with Crippen LogP contribution >= 0.6 is 0 Å². The van der Waals surface area contributed by atoms with Gasteiger partial charge in [0, 0.05) is 6.42 Å². The number of hydrogen-bond acceptors (Lipinski definition) is 5. The molecule has 0 aliphatic carbocycles. The van der Waals surface area contributed by atoms with Crippen molar-refractivity contribution in [3.05, 3.63) is 12.2 Å². The molecule has 1 atom stereocenters. The van der Waals surface area contributed by atoms with Gasteiger partial charge in [-0.3, -0.25) is 9.35 Å². The molecule has 0 radical (unpaired) electrons. The maximum absolute atomic E-state index is 11.5. The Morgan fingerprint density at radius 2 is 1.55 bits per heavy atom. The minimum Gasteiger partial charge on any atom is -0.466 e. The van der Waals surface area contributed by atoms with Crippen molar-refractivity contribution in [3.63, 3.8) is 0 Å². The van der Waals surface area contributed by atoms with Gasteiger partial charge in [0.25, 0.3) is 0 Å². The molecule has 0 aliphatic rings. The van der Waals surface area contributed by atoms with Crippen molar-refractivity contribution in [2.24, 2.45) is 0 Å². The molecule has 0 aromatic carbocycles. The molecule has 0 aromatic heterocycles. The smallest absolute Gasteiger partial charge is 0.397 e. The van der Waals surface area contributed by atoms with Gasteiger partial charge in [-0.05, 0) is 38.5 Å². The molecule has 0 fully saturated rings. The highest BCUT2D eigenvalue weighted by Gasteiger charge is 2.15. The normalized spacial score (nSPS) is 13.1. The van der Waals surface area contributed by atoms with Gasteiger partial charge in [-0.1, -0.05) is 77.4 Å². The van der Waals surface area contributed by atoms with Crippen LogP contribution in [0, 0.1) is 0 Å². The number of carbonyl (C=O) groups is 1. The lowest BCUT2D eigenvalue weighted by molar-refractivity contribution is -0.143. The number of esters is 1. The Balaban J connectivity index is 3.77. The number of unbranched alkanes of at least 4 members (excludes halogenated alkanes) is 9. The number of allylic oxidation sites excluding steroid dienone is 1. The fourth-order valence-electron chi connectivity index (χ4n) is 3.01. The lowest BCUT2D eigenvalue weighted by Gasteiger charge is -2.13. The molecule has 7 heteroatoms. The topological polar surface area (TPSA) is 89.9 Å². The van der Waals surface area contributed by atoms with E-state index in [9.17, 15) is 13.2 Å². The minimum atomic E-state index is -4.41. The van der Waals surface area contributed by atoms with Crippen molar-refractivity contribution in [1.82, 2.24) is 0 Å². The molecule has 0 aliphatic heterocycles. The van der Waals surface area contributed by atoms with Crippen LogP contribution in [0.2, 0.25) is 0 Å². The molecule has 0 amide bonds. The quantitative estimate of drug-likeness (QED) is 0.107. The predicted molar refractivity (Wildman–Crippen MR) is 117 cm³/mol. The molecule has 0 spiro atoms. The summed E-state index contributed by atoms with van der Waals surface area (Å²) in [7, 11) is -4.41. The third-order valence-electron chi connectivity index (χ3n) is 4.72. The zero-order valence-corrected chi connectivity index (χ0v) is 19.3. The second kappa shape index (κ2) is 19.1. The summed E-state index contributed by atoms with van der Waals surface area (Å²) >= 11 is 0. The average molecular weight is 435 g/mol. The van der Waals surface area contributed by atoms with Crippen molar-refractivity contribution >= 4 is 16.4 Å². The SMILES string of the molecule is CCCCCC[C@H](C/C=C\CCCCCCCC(=O)OCCCC)OS(=O)(=O)O. The van der Waals surface area contributed by atoms with E-state index in [4.69, 9.17) is 13.5 Å². The predicted octanol–water partition coefficient (Wildman–Crippen LogP) is 6.17. The van der Waals surface area contributed by atoms with Crippen molar-refractivity contribution in [1.29, 1.82) is 0 Å². The van der Waals surface area contributed by atoms with E-state index in [0.29, 0.717) is 25.9 Å². The van der Waals surface area contributed by atoms with Gasteiger partial charge in [0.2, 0.25) is 0 Å². The Morgan fingerprint density at radius 3 is 2.24 bits per heavy atom. The Bertz CT molecular complexity index is 515. The van der Waals surface area contributed by atoms with Gasteiger partial charge in [-0.2, -0.15) is 8.42 Å². The van der Waals surface area contributed by atoms with Gasteiger partial charge in [-0.25, -0.2) is 4.18 Å². The van der Waals surface area contributed by atoms with Crippen molar-refractivity contribution in [3.8, 4) is 0 Å². The summed E-state index contributed by atoms with van der Waals surface area (Å²) < 4.78 is 40.8. The summed E-state index contributed by atoms with van der Waals surface area (Å²) in [4.78, 5) is 11.5. The van der Waals surface area contributed by atoms with E-state index in [1.807, 2.05) is 6.08 Å². The summed E-state index contributed by atoms with van der Waals surface area (Å²) in [6, 6.07) is 0. The lowest BCUT2D eigenvalue weighted by Crippen LogP contribution is -2.17. The second-order valence-electron chi connectivity index (χ2n) is 7.58. The standard InChI is InChI=1S/C22H42O6S/c1-3-5-7-14-17-21(28-29(24,25)26)18-15-12-10-8-9-11-13-16-19-22(23)27-20-6-4-2/h12,15,21H,3-11,13-14,16-20H2,1-2H3,(H,24,25,26)/b15-12-/t21-/m1/s1. The molecule has 0 rings (SSSR count). The molecule has 0 heterocycles. The van der Waals surface area contributed by atoms with E-state index in [1.54, 1.807) is 0 Å².